The summed E-state index contributed by atoms with van der Waals surface area (Å²) in [7, 11) is 0. The Morgan fingerprint density at radius 2 is 1.91 bits per heavy atom. The van der Waals surface area contributed by atoms with Gasteiger partial charge < -0.3 is 14.9 Å². The topological polar surface area (TPSA) is 92.0 Å². The van der Waals surface area contributed by atoms with Crippen LogP contribution in [0.2, 0.25) is 5.02 Å². The van der Waals surface area contributed by atoms with Crippen molar-refractivity contribution in [1.82, 2.24) is 4.98 Å². The molecule has 0 spiro atoms. The highest BCUT2D eigenvalue weighted by Gasteiger charge is 2.25. The Morgan fingerprint density at radius 1 is 1.24 bits per heavy atom. The van der Waals surface area contributed by atoms with Gasteiger partial charge in [-0.05, 0) is 30.0 Å². The van der Waals surface area contributed by atoms with Crippen LogP contribution in [0.15, 0.2) is 34.8 Å². The Bertz CT molecular complexity index is 1110. The first-order chi connectivity index (χ1) is 15.9. The molecule has 2 aromatic rings. The molecule has 1 aromatic heterocycles. The van der Waals surface area contributed by atoms with E-state index in [0.29, 0.717) is 0 Å². The normalized spacial score (nSPS) is 13.7. The summed E-state index contributed by atoms with van der Waals surface area (Å²) in [6.45, 7) is 6.57. The Labute approximate surface area is 200 Å². The van der Waals surface area contributed by atoms with E-state index < -0.39 is 52.0 Å². The Kier molecular flexibility index (Phi) is 9.23. The van der Waals surface area contributed by atoms with Crippen LogP contribution in [0.1, 0.15) is 44.4 Å². The number of ether oxygens (including phenoxy) is 1. The highest BCUT2D eigenvalue weighted by Crippen LogP contribution is 2.26. The number of carbonyl (C=O) groups excluding carboxylic acids is 1. The number of benzene rings is 1. The van der Waals surface area contributed by atoms with Crippen LogP contribution < -0.4 is 0 Å². The fourth-order valence-corrected chi connectivity index (χ4v) is 3.16. The van der Waals surface area contributed by atoms with E-state index in [2.05, 4.69) is 9.98 Å². The van der Waals surface area contributed by atoms with Crippen molar-refractivity contribution in [2.45, 2.75) is 40.2 Å². The average molecular weight is 499 g/mol. The molecular formula is C24H26ClF3N2O4. The monoisotopic (exact) mass is 498 g/mol. The van der Waals surface area contributed by atoms with Gasteiger partial charge in [0.2, 0.25) is 11.9 Å². The first kappa shape index (κ1) is 27.3. The maximum atomic E-state index is 14.5. The molecule has 1 atom stereocenters. The lowest BCUT2D eigenvalue weighted by molar-refractivity contribution is -0.137. The van der Waals surface area contributed by atoms with Gasteiger partial charge in [0.15, 0.2) is 0 Å². The van der Waals surface area contributed by atoms with Gasteiger partial charge >= 0.3 is 5.97 Å². The molecule has 0 aliphatic rings. The van der Waals surface area contributed by atoms with Crippen molar-refractivity contribution in [3.05, 3.63) is 69.3 Å². The highest BCUT2D eigenvalue weighted by molar-refractivity contribution is 6.30. The van der Waals surface area contributed by atoms with Crippen molar-refractivity contribution in [2.24, 2.45) is 10.4 Å². The molecule has 0 saturated carbocycles. The van der Waals surface area contributed by atoms with E-state index in [-0.39, 0.29) is 35.8 Å². The third-order valence-electron chi connectivity index (χ3n) is 4.98. The molecule has 0 fully saturated rings. The number of aromatic nitrogens is 1. The van der Waals surface area contributed by atoms with Crippen molar-refractivity contribution in [1.29, 1.82) is 0 Å². The summed E-state index contributed by atoms with van der Waals surface area (Å²) in [6, 6.07) is 4.44. The zero-order chi connectivity index (χ0) is 25.6. The number of rotatable bonds is 8. The third kappa shape index (κ3) is 6.57. The lowest BCUT2D eigenvalue weighted by atomic mass is 9.88. The maximum absolute atomic E-state index is 14.5. The van der Waals surface area contributed by atoms with Crippen molar-refractivity contribution in [3.8, 4) is 0 Å². The predicted octanol–water partition coefficient (Wildman–Crippen LogP) is 5.05. The molecule has 0 radical (unpaired) electrons. The largest absolute Gasteiger partial charge is 0.506 e. The second kappa shape index (κ2) is 11.5. The predicted molar refractivity (Wildman–Crippen MR) is 123 cm³/mol. The van der Waals surface area contributed by atoms with Gasteiger partial charge in [-0.3, -0.25) is 4.99 Å². The highest BCUT2D eigenvalue weighted by atomic mass is 35.5. The number of halogens is 4. The van der Waals surface area contributed by atoms with Crippen molar-refractivity contribution in [2.75, 3.05) is 13.2 Å². The Morgan fingerprint density at radius 3 is 2.50 bits per heavy atom. The number of aliphatic hydroxyl groups is 2. The molecule has 0 aliphatic carbocycles. The summed E-state index contributed by atoms with van der Waals surface area (Å²) in [5.41, 5.74) is -1.83. The van der Waals surface area contributed by atoms with E-state index >= 15 is 0 Å². The van der Waals surface area contributed by atoms with E-state index in [1.165, 1.54) is 25.1 Å². The fourth-order valence-electron chi connectivity index (χ4n) is 2.97. The summed E-state index contributed by atoms with van der Waals surface area (Å²) in [6.07, 6.45) is 0.629. The number of carbonyl (C=O) groups is 1. The zero-order valence-electron chi connectivity index (χ0n) is 19.2. The molecule has 0 saturated heterocycles. The SMILES string of the molecule is CCOC(=O)/C(C=N[C@H](CO)C(C)(C)C)=C(\O)c1cc(Cc2cccc(Cl)c2F)c(F)nc1F. The molecule has 2 rings (SSSR count). The molecule has 2 N–H and O–H groups in total. The zero-order valence-corrected chi connectivity index (χ0v) is 20.0. The Hall–Kier alpha value is -2.91. The second-order valence-electron chi connectivity index (χ2n) is 8.49. The average Bonchev–Trinajstić information content (AvgIpc) is 2.75. The van der Waals surface area contributed by atoms with Crippen LogP contribution in [0.25, 0.3) is 5.76 Å². The van der Waals surface area contributed by atoms with Gasteiger partial charge in [-0.15, -0.1) is 0 Å². The second-order valence-corrected chi connectivity index (χ2v) is 8.90. The molecule has 10 heteroatoms. The van der Waals surface area contributed by atoms with Crippen LogP contribution in [0.5, 0.6) is 0 Å². The van der Waals surface area contributed by atoms with Gasteiger partial charge in [-0.1, -0.05) is 44.5 Å². The minimum atomic E-state index is -1.39. The van der Waals surface area contributed by atoms with E-state index in [0.717, 1.165) is 12.3 Å². The fraction of sp³-hybridized carbons (Fsp3) is 0.375. The molecule has 1 aromatic carbocycles. The summed E-state index contributed by atoms with van der Waals surface area (Å²) < 4.78 is 48.1. The molecule has 0 bridgehead atoms. The summed E-state index contributed by atoms with van der Waals surface area (Å²) >= 11 is 5.76. The van der Waals surface area contributed by atoms with Crippen LogP contribution in [0, 0.1) is 23.1 Å². The van der Waals surface area contributed by atoms with Gasteiger partial charge in [-0.25, -0.2) is 9.18 Å². The molecular weight excluding hydrogens is 473 g/mol. The smallest absolute Gasteiger partial charge is 0.343 e. The van der Waals surface area contributed by atoms with Gasteiger partial charge in [0.1, 0.15) is 17.1 Å². The molecule has 0 unspecified atom stereocenters. The van der Waals surface area contributed by atoms with Crippen molar-refractivity contribution < 1.29 is 32.9 Å². The number of nitrogens with zero attached hydrogens (tertiary/aromatic N) is 2. The number of hydrogen-bond acceptors (Lipinski definition) is 6. The number of hydrogen-bond donors (Lipinski definition) is 2. The van der Waals surface area contributed by atoms with Crippen LogP contribution in [0.3, 0.4) is 0 Å². The summed E-state index contributed by atoms with van der Waals surface area (Å²) in [5.74, 6) is -5.29. The van der Waals surface area contributed by atoms with Gasteiger partial charge in [-0.2, -0.15) is 13.8 Å². The van der Waals surface area contributed by atoms with E-state index in [9.17, 15) is 28.2 Å². The van der Waals surface area contributed by atoms with E-state index in [1.807, 2.05) is 20.8 Å². The number of esters is 1. The van der Waals surface area contributed by atoms with Gasteiger partial charge in [0.05, 0.1) is 29.8 Å². The van der Waals surface area contributed by atoms with Gasteiger partial charge in [0, 0.05) is 18.2 Å². The summed E-state index contributed by atoms with van der Waals surface area (Å²) in [4.78, 5) is 19.8. The van der Waals surface area contributed by atoms with Crippen molar-refractivity contribution >= 4 is 29.5 Å². The standard InChI is InChI=1S/C24H26ClF3N2O4/c1-5-34-23(33)16(11-29-18(12-31)24(2,3)4)20(32)15-10-14(21(27)30-22(15)28)9-13-7-6-8-17(25)19(13)26/h6-8,10-11,18,31-32H,5,9,12H2,1-4H3/b20-16-,29-11?/t18-/m1/s1. The molecule has 34 heavy (non-hydrogen) atoms. The third-order valence-corrected chi connectivity index (χ3v) is 5.27. The Balaban J connectivity index is 2.61. The quantitative estimate of drug-likeness (QED) is 0.175. The minimum Gasteiger partial charge on any atom is -0.506 e. The van der Waals surface area contributed by atoms with Crippen molar-refractivity contribution in [3.63, 3.8) is 0 Å². The molecule has 6 nitrogen and oxygen atoms in total. The van der Waals surface area contributed by atoms with Crippen LogP contribution in [-0.2, 0) is 16.0 Å². The molecule has 0 amide bonds. The van der Waals surface area contributed by atoms with Gasteiger partial charge in [0.25, 0.3) is 0 Å². The van der Waals surface area contributed by atoms with E-state index in [4.69, 9.17) is 16.3 Å². The van der Waals surface area contributed by atoms with Crippen LogP contribution in [-0.4, -0.2) is 46.6 Å². The van der Waals surface area contributed by atoms with Crippen LogP contribution >= 0.6 is 11.6 Å². The summed E-state index contributed by atoms with van der Waals surface area (Å²) in [5, 5.41) is 20.2. The number of aliphatic hydroxyl groups excluding tert-OH is 2. The molecule has 1 heterocycles. The number of aliphatic imine (C=N–C) groups is 1. The first-order valence-electron chi connectivity index (χ1n) is 10.4. The first-order valence-corrected chi connectivity index (χ1v) is 10.8. The maximum Gasteiger partial charge on any atom is 0.343 e. The minimum absolute atomic E-state index is 0.0253. The number of pyridine rings is 1. The lowest BCUT2D eigenvalue weighted by Gasteiger charge is -2.25. The van der Waals surface area contributed by atoms with Crippen LogP contribution in [0.4, 0.5) is 13.2 Å². The lowest BCUT2D eigenvalue weighted by Crippen LogP contribution is -2.28. The van der Waals surface area contributed by atoms with E-state index in [1.54, 1.807) is 0 Å². The molecule has 184 valence electrons. The molecule has 0 aliphatic heterocycles.